The maximum Gasteiger partial charge on any atom is 0.219 e. The van der Waals surface area contributed by atoms with E-state index in [2.05, 4.69) is 10.1 Å². The Balaban J connectivity index is 2.09. The number of nitrogens with zero attached hydrogens (tertiary/aromatic N) is 3. The maximum absolute atomic E-state index is 10.3. The fourth-order valence-electron chi connectivity index (χ4n) is 2.13. The zero-order valence-corrected chi connectivity index (χ0v) is 11.2. The van der Waals surface area contributed by atoms with Gasteiger partial charge in [0.25, 0.3) is 0 Å². The molecule has 0 radical (unpaired) electrons. The highest BCUT2D eigenvalue weighted by Crippen LogP contribution is 2.25. The second-order valence-corrected chi connectivity index (χ2v) is 4.86. The number of benzene rings is 1. The summed E-state index contributed by atoms with van der Waals surface area (Å²) in [7, 11) is 0. The van der Waals surface area contributed by atoms with E-state index < -0.39 is 0 Å². The fraction of sp³-hybridized carbons (Fsp3) is 0.143. The van der Waals surface area contributed by atoms with Crippen LogP contribution < -0.4 is 0 Å². The minimum Gasteiger partial charge on any atom is -0.493 e. The molecule has 20 heavy (non-hydrogen) atoms. The van der Waals surface area contributed by atoms with Gasteiger partial charge in [0, 0.05) is 23.1 Å². The van der Waals surface area contributed by atoms with Crippen LogP contribution in [-0.2, 0) is 13.0 Å². The second-order valence-electron chi connectivity index (χ2n) is 4.42. The first-order valence-corrected chi connectivity index (χ1v) is 6.46. The highest BCUT2D eigenvalue weighted by atomic mass is 35.5. The number of aliphatic hydroxyl groups is 1. The molecule has 102 valence electrons. The summed E-state index contributed by atoms with van der Waals surface area (Å²) in [6, 6.07) is 8.98. The normalized spacial score (nSPS) is 11.1. The lowest BCUT2D eigenvalue weighted by molar-refractivity contribution is 0.274. The molecule has 0 amide bonds. The van der Waals surface area contributed by atoms with E-state index in [1.165, 1.54) is 4.52 Å². The average molecular weight is 290 g/mol. The Hall–Kier alpha value is -2.11. The highest BCUT2D eigenvalue weighted by Gasteiger charge is 2.15. The molecule has 0 aliphatic heterocycles. The third-order valence-corrected chi connectivity index (χ3v) is 3.39. The molecule has 2 N–H and O–H groups in total. The highest BCUT2D eigenvalue weighted by molar-refractivity contribution is 6.30. The smallest absolute Gasteiger partial charge is 0.219 e. The van der Waals surface area contributed by atoms with Gasteiger partial charge in [0.2, 0.25) is 5.88 Å². The first-order chi connectivity index (χ1) is 9.69. The van der Waals surface area contributed by atoms with Gasteiger partial charge in [-0.3, -0.25) is 0 Å². The molecule has 3 aromatic rings. The van der Waals surface area contributed by atoms with Crippen LogP contribution in [0.2, 0.25) is 5.02 Å². The lowest BCUT2D eigenvalue weighted by Gasteiger charge is -2.10. The summed E-state index contributed by atoms with van der Waals surface area (Å²) >= 11 is 5.85. The molecule has 0 unspecified atom stereocenters. The largest absolute Gasteiger partial charge is 0.493 e. The molecule has 2 aromatic heterocycles. The number of halogens is 1. The quantitative estimate of drug-likeness (QED) is 0.775. The van der Waals surface area contributed by atoms with Gasteiger partial charge in [-0.25, -0.2) is 4.98 Å². The Morgan fingerprint density at radius 3 is 2.60 bits per heavy atom. The van der Waals surface area contributed by atoms with Gasteiger partial charge >= 0.3 is 0 Å². The van der Waals surface area contributed by atoms with Crippen molar-refractivity contribution >= 4 is 17.2 Å². The van der Waals surface area contributed by atoms with E-state index in [0.29, 0.717) is 28.3 Å². The molecule has 0 aliphatic carbocycles. The molecule has 0 spiro atoms. The summed E-state index contributed by atoms with van der Waals surface area (Å²) in [4.78, 5) is 4.29. The molecule has 0 bridgehead atoms. The van der Waals surface area contributed by atoms with Crippen LogP contribution in [0.25, 0.3) is 5.65 Å². The Morgan fingerprint density at radius 2 is 1.90 bits per heavy atom. The van der Waals surface area contributed by atoms with Crippen molar-refractivity contribution in [3.8, 4) is 5.88 Å². The van der Waals surface area contributed by atoms with Crippen LogP contribution in [0.4, 0.5) is 0 Å². The molecule has 0 fully saturated rings. The molecular weight excluding hydrogens is 278 g/mol. The Morgan fingerprint density at radius 1 is 1.15 bits per heavy atom. The molecule has 1 aromatic carbocycles. The summed E-state index contributed by atoms with van der Waals surface area (Å²) in [5.41, 5.74) is 2.48. The monoisotopic (exact) mass is 289 g/mol. The molecule has 3 rings (SSSR count). The van der Waals surface area contributed by atoms with Crippen LogP contribution >= 0.6 is 11.6 Å². The lowest BCUT2D eigenvalue weighted by atomic mass is 10.0. The summed E-state index contributed by atoms with van der Waals surface area (Å²) in [6.45, 7) is -0.238. The molecule has 0 atom stereocenters. The van der Waals surface area contributed by atoms with Crippen LogP contribution in [0, 0.1) is 0 Å². The Kier molecular flexibility index (Phi) is 3.30. The van der Waals surface area contributed by atoms with E-state index in [4.69, 9.17) is 11.6 Å². The van der Waals surface area contributed by atoms with Crippen molar-refractivity contribution in [1.82, 2.24) is 14.6 Å². The van der Waals surface area contributed by atoms with Crippen LogP contribution in [0.15, 0.2) is 36.5 Å². The number of fused-ring (bicyclic) bond motifs is 1. The van der Waals surface area contributed by atoms with Crippen LogP contribution in [0.1, 0.15) is 16.8 Å². The van der Waals surface area contributed by atoms with E-state index in [-0.39, 0.29) is 12.5 Å². The molecule has 6 heteroatoms. The van der Waals surface area contributed by atoms with Crippen molar-refractivity contribution in [1.29, 1.82) is 0 Å². The first kappa shape index (κ1) is 12.9. The standard InChI is InChI=1S/C14H12ClN3O2/c15-10-3-1-9(2-4-10)7-11-12(8-19)17-13-5-6-16-18(13)14(11)20/h1-6,19-20H,7-8H2. The van der Waals surface area contributed by atoms with E-state index >= 15 is 0 Å². The summed E-state index contributed by atoms with van der Waals surface area (Å²) in [6.07, 6.45) is 2.00. The molecule has 2 heterocycles. The summed E-state index contributed by atoms with van der Waals surface area (Å²) < 4.78 is 1.35. The lowest BCUT2D eigenvalue weighted by Crippen LogP contribution is -2.05. The topological polar surface area (TPSA) is 70.7 Å². The van der Waals surface area contributed by atoms with Crippen LogP contribution in [-0.4, -0.2) is 24.8 Å². The third kappa shape index (κ3) is 2.21. The van der Waals surface area contributed by atoms with Gasteiger partial charge in [-0.05, 0) is 17.7 Å². The summed E-state index contributed by atoms with van der Waals surface area (Å²) in [5, 5.41) is 24.4. The number of hydrogen-bond donors (Lipinski definition) is 2. The van der Waals surface area contributed by atoms with Gasteiger partial charge in [-0.2, -0.15) is 9.61 Å². The van der Waals surface area contributed by atoms with Gasteiger partial charge in [0.15, 0.2) is 5.65 Å². The predicted molar refractivity (Wildman–Crippen MR) is 74.8 cm³/mol. The fourth-order valence-corrected chi connectivity index (χ4v) is 2.25. The van der Waals surface area contributed by atoms with Crippen molar-refractivity contribution in [2.75, 3.05) is 0 Å². The number of rotatable bonds is 3. The van der Waals surface area contributed by atoms with Gasteiger partial charge < -0.3 is 10.2 Å². The Bertz CT molecular complexity index is 753. The van der Waals surface area contributed by atoms with Gasteiger partial charge in [-0.15, -0.1) is 0 Å². The van der Waals surface area contributed by atoms with Crippen molar-refractivity contribution in [3.05, 3.63) is 58.4 Å². The number of aromatic hydroxyl groups is 1. The predicted octanol–water partition coefficient (Wildman–Crippen LogP) is 2.17. The third-order valence-electron chi connectivity index (χ3n) is 3.14. The van der Waals surface area contributed by atoms with Gasteiger partial charge in [0.1, 0.15) is 0 Å². The average Bonchev–Trinajstić information content (AvgIpc) is 2.92. The van der Waals surface area contributed by atoms with Crippen molar-refractivity contribution in [2.45, 2.75) is 13.0 Å². The number of aromatic nitrogens is 3. The first-order valence-electron chi connectivity index (χ1n) is 6.09. The van der Waals surface area contributed by atoms with E-state index in [9.17, 15) is 10.2 Å². The number of hydrogen-bond acceptors (Lipinski definition) is 4. The zero-order chi connectivity index (χ0) is 14.1. The van der Waals surface area contributed by atoms with E-state index in [0.717, 1.165) is 5.56 Å². The summed E-state index contributed by atoms with van der Waals surface area (Å²) in [5.74, 6) is -0.000926. The molecule has 0 saturated carbocycles. The molecule has 0 saturated heterocycles. The van der Waals surface area contributed by atoms with Gasteiger partial charge in [-0.1, -0.05) is 23.7 Å². The second kappa shape index (κ2) is 5.11. The van der Waals surface area contributed by atoms with Crippen molar-refractivity contribution < 1.29 is 10.2 Å². The molecule has 5 nitrogen and oxygen atoms in total. The molecule has 0 aliphatic rings. The van der Waals surface area contributed by atoms with Crippen LogP contribution in [0.5, 0.6) is 5.88 Å². The molecular formula is C14H12ClN3O2. The minimum atomic E-state index is -0.238. The van der Waals surface area contributed by atoms with Crippen molar-refractivity contribution in [2.24, 2.45) is 0 Å². The maximum atomic E-state index is 10.3. The van der Waals surface area contributed by atoms with Crippen molar-refractivity contribution in [3.63, 3.8) is 0 Å². The minimum absolute atomic E-state index is 0.000926. The van der Waals surface area contributed by atoms with Gasteiger partial charge in [0.05, 0.1) is 18.5 Å². The van der Waals surface area contributed by atoms with E-state index in [1.807, 2.05) is 12.1 Å². The van der Waals surface area contributed by atoms with E-state index in [1.54, 1.807) is 24.4 Å². The SMILES string of the molecule is OCc1nc2ccnn2c(O)c1Cc1ccc(Cl)cc1. The Labute approximate surface area is 120 Å². The van der Waals surface area contributed by atoms with Crippen LogP contribution in [0.3, 0.4) is 0 Å². The number of aliphatic hydroxyl groups excluding tert-OH is 1. The zero-order valence-electron chi connectivity index (χ0n) is 10.5.